The van der Waals surface area contributed by atoms with Crippen LogP contribution in [-0.4, -0.2) is 39.9 Å². The topological polar surface area (TPSA) is 62.7 Å². The van der Waals surface area contributed by atoms with Gasteiger partial charge in [0.1, 0.15) is 0 Å². The zero-order valence-electron chi connectivity index (χ0n) is 18.5. The summed E-state index contributed by atoms with van der Waals surface area (Å²) in [6.07, 6.45) is 4.27. The van der Waals surface area contributed by atoms with Gasteiger partial charge in [0, 0.05) is 41.4 Å². The van der Waals surface area contributed by atoms with Crippen LogP contribution in [0.1, 0.15) is 64.5 Å². The van der Waals surface area contributed by atoms with Crippen LogP contribution in [0.2, 0.25) is 0 Å². The molecule has 1 fully saturated rings. The number of hydrogen-bond acceptors (Lipinski definition) is 3. The average molecular weight is 536 g/mol. The van der Waals surface area contributed by atoms with E-state index in [0.717, 1.165) is 37.4 Å². The molecule has 1 aliphatic rings. The lowest BCUT2D eigenvalue weighted by atomic mass is 9.95. The predicted molar refractivity (Wildman–Crippen MR) is 134 cm³/mol. The first-order valence-corrected chi connectivity index (χ1v) is 11.7. The number of halogens is 1. The van der Waals surface area contributed by atoms with E-state index in [9.17, 15) is 4.21 Å². The zero-order chi connectivity index (χ0) is 20.6. The van der Waals surface area contributed by atoms with Crippen molar-refractivity contribution in [3.8, 4) is 0 Å². The Labute approximate surface area is 196 Å². The third kappa shape index (κ3) is 9.79. The maximum atomic E-state index is 12.2. The fourth-order valence-corrected chi connectivity index (χ4v) is 4.80. The lowest BCUT2D eigenvalue weighted by molar-refractivity contribution is -0.0149. The van der Waals surface area contributed by atoms with Crippen molar-refractivity contribution in [2.45, 2.75) is 83.4 Å². The molecular formula is C22H38IN3O2S. The van der Waals surface area contributed by atoms with Gasteiger partial charge in [0.25, 0.3) is 0 Å². The smallest absolute Gasteiger partial charge is 0.191 e. The van der Waals surface area contributed by atoms with Crippen LogP contribution in [0.3, 0.4) is 0 Å². The molecule has 1 aliphatic carbocycles. The van der Waals surface area contributed by atoms with E-state index < -0.39 is 10.8 Å². The number of guanidine groups is 1. The Morgan fingerprint density at radius 3 is 2.66 bits per heavy atom. The highest BCUT2D eigenvalue weighted by atomic mass is 127. The van der Waals surface area contributed by atoms with Crippen LogP contribution < -0.4 is 10.6 Å². The van der Waals surface area contributed by atoms with Gasteiger partial charge in [0.2, 0.25) is 0 Å². The minimum Gasteiger partial charge on any atom is -0.371 e. The number of nitrogens with one attached hydrogen (secondary N) is 2. The quantitative estimate of drug-likeness (QED) is 0.310. The number of aliphatic imine (C=N–C) groups is 1. The molecule has 2 rings (SSSR count). The summed E-state index contributed by atoms with van der Waals surface area (Å²) in [6.45, 7) is 9.54. The molecule has 0 bridgehead atoms. The Kier molecular flexibility index (Phi) is 11.7. The van der Waals surface area contributed by atoms with E-state index in [1.54, 1.807) is 7.05 Å². The van der Waals surface area contributed by atoms with Gasteiger partial charge in [-0.15, -0.1) is 24.0 Å². The monoisotopic (exact) mass is 535 g/mol. The summed E-state index contributed by atoms with van der Waals surface area (Å²) < 4.78 is 18.0. The third-order valence-corrected chi connectivity index (χ3v) is 6.71. The molecule has 0 heterocycles. The van der Waals surface area contributed by atoms with Gasteiger partial charge < -0.3 is 15.4 Å². The molecule has 2 N–H and O–H groups in total. The van der Waals surface area contributed by atoms with Crippen molar-refractivity contribution in [3.63, 3.8) is 0 Å². The lowest BCUT2D eigenvalue weighted by Crippen LogP contribution is -2.46. The molecule has 0 aromatic heterocycles. The molecule has 29 heavy (non-hydrogen) atoms. The van der Waals surface area contributed by atoms with E-state index >= 15 is 0 Å². The van der Waals surface area contributed by atoms with Crippen LogP contribution in [0, 0.1) is 0 Å². The summed E-state index contributed by atoms with van der Waals surface area (Å²) in [6, 6.07) is 8.79. The van der Waals surface area contributed by atoms with E-state index in [4.69, 9.17) is 4.74 Å². The van der Waals surface area contributed by atoms with Crippen molar-refractivity contribution in [1.82, 2.24) is 10.6 Å². The van der Waals surface area contributed by atoms with Crippen LogP contribution in [0.15, 0.2) is 29.3 Å². The average Bonchev–Trinajstić information content (AvgIpc) is 2.69. The molecular weight excluding hydrogens is 497 g/mol. The summed E-state index contributed by atoms with van der Waals surface area (Å²) >= 11 is 0. The number of hydrogen-bond donors (Lipinski definition) is 2. The molecule has 166 valence electrons. The maximum absolute atomic E-state index is 12.2. The SMILES string of the molecule is CCS(=O)C1CCCC(NC(=NC)NCc2cccc(COC(C)(C)C)c2)C1.I. The van der Waals surface area contributed by atoms with Crippen LogP contribution in [0.4, 0.5) is 0 Å². The fraction of sp³-hybridized carbons (Fsp3) is 0.682. The minimum atomic E-state index is -0.708. The van der Waals surface area contributed by atoms with E-state index in [1.807, 2.05) is 6.92 Å². The first-order chi connectivity index (χ1) is 13.3. The molecule has 7 heteroatoms. The molecule has 1 aromatic rings. The highest BCUT2D eigenvalue weighted by Crippen LogP contribution is 2.23. The minimum absolute atomic E-state index is 0. The molecule has 5 nitrogen and oxygen atoms in total. The second kappa shape index (κ2) is 12.9. The molecule has 3 atom stereocenters. The van der Waals surface area contributed by atoms with Gasteiger partial charge in [-0.3, -0.25) is 9.20 Å². The van der Waals surface area contributed by atoms with Gasteiger partial charge in [-0.05, 0) is 51.2 Å². The first kappa shape index (κ1) is 26.4. The normalized spacial score (nSPS) is 21.2. The van der Waals surface area contributed by atoms with Crippen molar-refractivity contribution in [2.24, 2.45) is 4.99 Å². The summed E-state index contributed by atoms with van der Waals surface area (Å²) in [5.74, 6) is 1.56. The molecule has 0 radical (unpaired) electrons. The molecule has 3 unspecified atom stereocenters. The number of ether oxygens (including phenoxy) is 1. The van der Waals surface area contributed by atoms with Gasteiger partial charge in [-0.2, -0.15) is 0 Å². The van der Waals surface area contributed by atoms with Crippen molar-refractivity contribution in [3.05, 3.63) is 35.4 Å². The van der Waals surface area contributed by atoms with Gasteiger partial charge >= 0.3 is 0 Å². The molecule has 0 amide bonds. The first-order valence-electron chi connectivity index (χ1n) is 10.4. The Hall–Kier alpha value is -0.670. The van der Waals surface area contributed by atoms with Crippen LogP contribution >= 0.6 is 24.0 Å². The van der Waals surface area contributed by atoms with Gasteiger partial charge in [-0.1, -0.05) is 37.6 Å². The molecule has 0 saturated heterocycles. The van der Waals surface area contributed by atoms with Crippen molar-refractivity contribution < 1.29 is 8.95 Å². The van der Waals surface area contributed by atoms with E-state index in [2.05, 4.69) is 60.7 Å². The molecule has 1 saturated carbocycles. The van der Waals surface area contributed by atoms with Crippen LogP contribution in [0.5, 0.6) is 0 Å². The fourth-order valence-electron chi connectivity index (χ4n) is 3.45. The van der Waals surface area contributed by atoms with E-state index in [0.29, 0.717) is 24.4 Å². The second-order valence-electron chi connectivity index (χ2n) is 8.45. The van der Waals surface area contributed by atoms with Crippen LogP contribution in [0.25, 0.3) is 0 Å². The van der Waals surface area contributed by atoms with Gasteiger partial charge in [0.05, 0.1) is 12.2 Å². The molecule has 1 aromatic carbocycles. The van der Waals surface area contributed by atoms with Gasteiger partial charge in [0.15, 0.2) is 5.96 Å². The van der Waals surface area contributed by atoms with Crippen LogP contribution in [-0.2, 0) is 28.7 Å². The standard InChI is InChI=1S/C22H37N3O2S.HI/c1-6-28(26)20-12-8-11-19(14-20)25-21(23-5)24-15-17-9-7-10-18(13-17)16-27-22(2,3)4;/h7,9-10,13,19-20H,6,8,11-12,14-16H2,1-5H3,(H2,23,24,25);1H. The Morgan fingerprint density at radius 2 is 2.00 bits per heavy atom. The van der Waals surface area contributed by atoms with E-state index in [-0.39, 0.29) is 29.6 Å². The Morgan fingerprint density at radius 1 is 1.28 bits per heavy atom. The molecule has 0 aliphatic heterocycles. The summed E-state index contributed by atoms with van der Waals surface area (Å²) in [5.41, 5.74) is 2.24. The zero-order valence-corrected chi connectivity index (χ0v) is 21.6. The maximum Gasteiger partial charge on any atom is 0.191 e. The lowest BCUT2D eigenvalue weighted by Gasteiger charge is -2.30. The largest absolute Gasteiger partial charge is 0.371 e. The highest BCUT2D eigenvalue weighted by Gasteiger charge is 2.26. The number of rotatable bonds is 7. The second-order valence-corrected chi connectivity index (χ2v) is 10.5. The molecule has 0 spiro atoms. The number of benzene rings is 1. The number of nitrogens with zero attached hydrogens (tertiary/aromatic N) is 1. The van der Waals surface area contributed by atoms with Crippen molar-refractivity contribution in [2.75, 3.05) is 12.8 Å². The summed E-state index contributed by atoms with van der Waals surface area (Å²) in [5, 5.41) is 7.25. The summed E-state index contributed by atoms with van der Waals surface area (Å²) in [7, 11) is 1.09. The van der Waals surface area contributed by atoms with E-state index in [1.165, 1.54) is 11.1 Å². The van der Waals surface area contributed by atoms with Crippen molar-refractivity contribution in [1.29, 1.82) is 0 Å². The highest BCUT2D eigenvalue weighted by molar-refractivity contribution is 14.0. The predicted octanol–water partition coefficient (Wildman–Crippen LogP) is 4.36. The van der Waals surface area contributed by atoms with Crippen molar-refractivity contribution >= 4 is 40.7 Å². The third-order valence-electron chi connectivity index (χ3n) is 4.97. The van der Waals surface area contributed by atoms with Gasteiger partial charge in [-0.25, -0.2) is 0 Å². The summed E-state index contributed by atoms with van der Waals surface area (Å²) in [4.78, 5) is 4.37. The Balaban J connectivity index is 0.00000420. The Bertz CT molecular complexity index is 676.